The van der Waals surface area contributed by atoms with Gasteiger partial charge in [-0.05, 0) is 44.4 Å². The van der Waals surface area contributed by atoms with Crippen LogP contribution in [0.15, 0.2) is 23.8 Å². The predicted molar refractivity (Wildman–Crippen MR) is 81.8 cm³/mol. The average Bonchev–Trinajstić information content (AvgIpc) is 2.41. The zero-order valence-electron chi connectivity index (χ0n) is 12.6. The van der Waals surface area contributed by atoms with Crippen molar-refractivity contribution in [2.24, 2.45) is 0 Å². The van der Waals surface area contributed by atoms with Gasteiger partial charge in [-0.3, -0.25) is 0 Å². The first kappa shape index (κ1) is 15.1. The van der Waals surface area contributed by atoms with Gasteiger partial charge in [-0.15, -0.1) is 0 Å². The number of aromatic carboxylic acids is 1. The number of hydrogen-bond donors (Lipinski definition) is 2. The number of carboxylic acid groups (broad SMARTS) is 1. The van der Waals surface area contributed by atoms with Crippen LogP contribution in [0.25, 0.3) is 0 Å². The van der Waals surface area contributed by atoms with E-state index in [-0.39, 0.29) is 11.6 Å². The van der Waals surface area contributed by atoms with Crippen LogP contribution in [0.4, 0.5) is 10.5 Å². The molecule has 0 aromatic heterocycles. The molecule has 2 amide bonds. The molecule has 0 saturated carbocycles. The quantitative estimate of drug-likeness (QED) is 0.821. The molecule has 0 aliphatic carbocycles. The smallest absolute Gasteiger partial charge is 0.337 e. The van der Waals surface area contributed by atoms with Crippen molar-refractivity contribution in [3.05, 3.63) is 40.5 Å². The number of nitrogens with one attached hydrogen (secondary N) is 1. The molecule has 0 saturated heterocycles. The minimum Gasteiger partial charge on any atom is -0.478 e. The van der Waals surface area contributed by atoms with Crippen molar-refractivity contribution in [1.82, 2.24) is 4.90 Å². The summed E-state index contributed by atoms with van der Waals surface area (Å²) in [6.45, 7) is 6.86. The van der Waals surface area contributed by atoms with Crippen molar-refractivity contribution >= 4 is 17.7 Å². The Balaban J connectivity index is 2.25. The summed E-state index contributed by atoms with van der Waals surface area (Å²) in [6, 6.07) is 3.19. The van der Waals surface area contributed by atoms with E-state index in [0.717, 1.165) is 23.1 Å². The summed E-state index contributed by atoms with van der Waals surface area (Å²) < 4.78 is 0. The molecule has 1 aliphatic heterocycles. The van der Waals surface area contributed by atoms with Crippen LogP contribution in [0.2, 0.25) is 0 Å². The summed E-state index contributed by atoms with van der Waals surface area (Å²) >= 11 is 0. The van der Waals surface area contributed by atoms with Crippen LogP contribution in [0.1, 0.15) is 34.8 Å². The van der Waals surface area contributed by atoms with E-state index in [4.69, 9.17) is 0 Å². The van der Waals surface area contributed by atoms with Gasteiger partial charge in [0.1, 0.15) is 0 Å². The van der Waals surface area contributed by atoms with E-state index < -0.39 is 5.97 Å². The fourth-order valence-corrected chi connectivity index (χ4v) is 2.57. The van der Waals surface area contributed by atoms with E-state index in [1.165, 1.54) is 0 Å². The van der Waals surface area contributed by atoms with Gasteiger partial charge in [0.15, 0.2) is 0 Å². The summed E-state index contributed by atoms with van der Waals surface area (Å²) in [4.78, 5) is 25.4. The van der Waals surface area contributed by atoms with E-state index in [9.17, 15) is 14.7 Å². The zero-order chi connectivity index (χ0) is 15.6. The molecule has 1 aliphatic rings. The van der Waals surface area contributed by atoms with E-state index in [0.29, 0.717) is 18.8 Å². The van der Waals surface area contributed by atoms with Crippen molar-refractivity contribution in [2.75, 3.05) is 18.4 Å². The van der Waals surface area contributed by atoms with Crippen LogP contribution in [0.5, 0.6) is 0 Å². The Labute approximate surface area is 124 Å². The second kappa shape index (κ2) is 5.99. The van der Waals surface area contributed by atoms with Crippen LogP contribution in [0.3, 0.4) is 0 Å². The Bertz CT molecular complexity index is 620. The molecule has 112 valence electrons. The summed E-state index contributed by atoms with van der Waals surface area (Å²) in [5, 5.41) is 12.1. The van der Waals surface area contributed by atoms with E-state index in [2.05, 4.69) is 11.4 Å². The van der Waals surface area contributed by atoms with Gasteiger partial charge in [-0.1, -0.05) is 17.7 Å². The molecule has 1 heterocycles. The lowest BCUT2D eigenvalue weighted by molar-refractivity contribution is 0.0698. The van der Waals surface area contributed by atoms with Gasteiger partial charge in [0.05, 0.1) is 11.3 Å². The van der Waals surface area contributed by atoms with Gasteiger partial charge in [0.2, 0.25) is 0 Å². The Kier molecular flexibility index (Phi) is 4.31. The molecule has 0 bridgehead atoms. The first-order valence-corrected chi connectivity index (χ1v) is 6.94. The number of rotatable bonds is 2. The summed E-state index contributed by atoms with van der Waals surface area (Å²) in [6.07, 6.45) is 2.95. The van der Waals surface area contributed by atoms with Gasteiger partial charge >= 0.3 is 12.0 Å². The predicted octanol–water partition coefficient (Wildman–Crippen LogP) is 3.19. The van der Waals surface area contributed by atoms with Gasteiger partial charge in [-0.25, -0.2) is 9.59 Å². The number of amides is 2. The molecule has 0 unspecified atom stereocenters. The molecular weight excluding hydrogens is 268 g/mol. The molecule has 21 heavy (non-hydrogen) atoms. The molecule has 2 rings (SSSR count). The lowest BCUT2D eigenvalue weighted by Crippen LogP contribution is -2.39. The number of anilines is 1. The molecule has 5 nitrogen and oxygen atoms in total. The van der Waals surface area contributed by atoms with Gasteiger partial charge in [0.25, 0.3) is 0 Å². The summed E-state index contributed by atoms with van der Waals surface area (Å²) in [5.74, 6) is -1.04. The third kappa shape index (κ3) is 3.42. The molecule has 0 spiro atoms. The van der Waals surface area contributed by atoms with E-state index >= 15 is 0 Å². The van der Waals surface area contributed by atoms with Crippen molar-refractivity contribution in [1.29, 1.82) is 0 Å². The molecule has 0 fully saturated rings. The Morgan fingerprint density at radius 3 is 2.57 bits per heavy atom. The Morgan fingerprint density at radius 1 is 1.24 bits per heavy atom. The van der Waals surface area contributed by atoms with Crippen LogP contribution >= 0.6 is 0 Å². The third-order valence-corrected chi connectivity index (χ3v) is 3.56. The van der Waals surface area contributed by atoms with Crippen molar-refractivity contribution < 1.29 is 14.7 Å². The first-order valence-electron chi connectivity index (χ1n) is 6.94. The van der Waals surface area contributed by atoms with Crippen molar-refractivity contribution in [3.8, 4) is 0 Å². The van der Waals surface area contributed by atoms with E-state index in [1.807, 2.05) is 19.9 Å². The van der Waals surface area contributed by atoms with E-state index in [1.54, 1.807) is 17.9 Å². The standard InChI is InChI=1S/C16H20N2O3/c1-10-5-4-6-18(9-10)16(21)17-14-12(3)7-11(2)8-13(14)15(19)20/h5,7-8H,4,6,9H2,1-3H3,(H,17,21)(H,19,20). The molecule has 0 radical (unpaired) electrons. The average molecular weight is 288 g/mol. The molecule has 5 heteroatoms. The SMILES string of the molecule is CC1=CCCN(C(=O)Nc2c(C)cc(C)cc2C(=O)O)C1. The minimum atomic E-state index is -1.04. The molecular formula is C16H20N2O3. The lowest BCUT2D eigenvalue weighted by Gasteiger charge is -2.27. The number of nitrogens with zero attached hydrogens (tertiary/aromatic N) is 1. The maximum atomic E-state index is 12.3. The number of carbonyl (C=O) groups is 2. The highest BCUT2D eigenvalue weighted by Crippen LogP contribution is 2.24. The molecule has 0 atom stereocenters. The normalized spacial score (nSPS) is 14.6. The Hall–Kier alpha value is -2.30. The van der Waals surface area contributed by atoms with Crippen LogP contribution in [-0.4, -0.2) is 35.1 Å². The van der Waals surface area contributed by atoms with Gasteiger partial charge < -0.3 is 15.3 Å². The first-order chi connectivity index (χ1) is 9.88. The van der Waals surface area contributed by atoms with Crippen LogP contribution < -0.4 is 5.32 Å². The second-order valence-electron chi connectivity index (χ2n) is 5.50. The van der Waals surface area contributed by atoms with Crippen molar-refractivity contribution in [3.63, 3.8) is 0 Å². The third-order valence-electron chi connectivity index (χ3n) is 3.56. The summed E-state index contributed by atoms with van der Waals surface area (Å²) in [7, 11) is 0. The monoisotopic (exact) mass is 288 g/mol. The zero-order valence-corrected chi connectivity index (χ0v) is 12.6. The number of aryl methyl sites for hydroxylation is 2. The highest BCUT2D eigenvalue weighted by atomic mass is 16.4. The fourth-order valence-electron chi connectivity index (χ4n) is 2.57. The fraction of sp³-hybridized carbons (Fsp3) is 0.375. The number of hydrogen-bond acceptors (Lipinski definition) is 2. The second-order valence-corrected chi connectivity index (χ2v) is 5.50. The highest BCUT2D eigenvalue weighted by molar-refractivity contribution is 6.01. The molecule has 1 aromatic rings. The topological polar surface area (TPSA) is 69.6 Å². The van der Waals surface area contributed by atoms with Crippen molar-refractivity contribution in [2.45, 2.75) is 27.2 Å². The number of carboxylic acids is 1. The number of urea groups is 1. The van der Waals surface area contributed by atoms with Crippen LogP contribution in [-0.2, 0) is 0 Å². The number of carbonyl (C=O) groups excluding carboxylic acids is 1. The Morgan fingerprint density at radius 2 is 1.95 bits per heavy atom. The lowest BCUT2D eigenvalue weighted by atomic mass is 10.0. The molecule has 2 N–H and O–H groups in total. The number of benzene rings is 1. The maximum absolute atomic E-state index is 12.3. The molecule has 1 aromatic carbocycles. The summed E-state index contributed by atoms with van der Waals surface area (Å²) in [5.41, 5.74) is 3.27. The van der Waals surface area contributed by atoms with Crippen LogP contribution in [0, 0.1) is 13.8 Å². The van der Waals surface area contributed by atoms with Gasteiger partial charge in [0, 0.05) is 13.1 Å². The maximum Gasteiger partial charge on any atom is 0.337 e. The van der Waals surface area contributed by atoms with Gasteiger partial charge in [-0.2, -0.15) is 0 Å². The largest absolute Gasteiger partial charge is 0.478 e. The minimum absolute atomic E-state index is 0.130. The highest BCUT2D eigenvalue weighted by Gasteiger charge is 2.20.